The Labute approximate surface area is 184 Å². The summed E-state index contributed by atoms with van der Waals surface area (Å²) in [7, 11) is 0. The zero-order valence-corrected chi connectivity index (χ0v) is 18.9. The number of piperazine rings is 1. The van der Waals surface area contributed by atoms with Gasteiger partial charge in [-0.3, -0.25) is 9.97 Å². The maximum Gasteiger partial charge on any atom is 0.0914 e. The molecule has 0 aliphatic carbocycles. The van der Waals surface area contributed by atoms with Gasteiger partial charge in [-0.25, -0.2) is 0 Å². The Morgan fingerprint density at radius 2 is 1.77 bits per heavy atom. The summed E-state index contributed by atoms with van der Waals surface area (Å²) in [5.74, 6) is 0. The molecule has 1 fully saturated rings. The molecule has 2 N–H and O–H groups in total. The number of aromatic amines is 1. The van der Waals surface area contributed by atoms with Crippen LogP contribution in [0.3, 0.4) is 0 Å². The summed E-state index contributed by atoms with van der Waals surface area (Å²) < 4.78 is 0. The predicted octanol–water partition coefficient (Wildman–Crippen LogP) is 4.93. The predicted molar refractivity (Wildman–Crippen MR) is 130 cm³/mol. The van der Waals surface area contributed by atoms with Gasteiger partial charge < -0.3 is 15.2 Å². The molecule has 0 aromatic carbocycles. The number of nitrogens with one attached hydrogen (secondary N) is 2. The summed E-state index contributed by atoms with van der Waals surface area (Å²) >= 11 is 0. The normalized spacial score (nSPS) is 15.2. The van der Waals surface area contributed by atoms with E-state index in [0.29, 0.717) is 0 Å². The van der Waals surface area contributed by atoms with E-state index in [2.05, 4.69) is 77.0 Å². The Hall–Kier alpha value is -3.18. The van der Waals surface area contributed by atoms with Gasteiger partial charge in [-0.1, -0.05) is 18.7 Å². The molecule has 0 spiro atoms. The summed E-state index contributed by atoms with van der Waals surface area (Å²) in [6.07, 6.45) is 8.33. The average Bonchev–Trinajstić information content (AvgIpc) is 3.10. The highest BCUT2D eigenvalue weighted by Gasteiger charge is 2.13. The number of aryl methyl sites for hydroxylation is 3. The molecule has 0 unspecified atom stereocenters. The summed E-state index contributed by atoms with van der Waals surface area (Å²) in [6.45, 7) is 16.5. The molecule has 1 aliphatic rings. The summed E-state index contributed by atoms with van der Waals surface area (Å²) in [6, 6.07) is 6.42. The van der Waals surface area contributed by atoms with Gasteiger partial charge in [-0.2, -0.15) is 0 Å². The van der Waals surface area contributed by atoms with E-state index in [1.807, 2.05) is 20.0 Å². The van der Waals surface area contributed by atoms with E-state index in [-0.39, 0.29) is 0 Å². The van der Waals surface area contributed by atoms with Crippen molar-refractivity contribution in [3.63, 3.8) is 0 Å². The van der Waals surface area contributed by atoms with E-state index in [0.717, 1.165) is 82.3 Å². The molecule has 3 aromatic rings. The Morgan fingerprint density at radius 1 is 1.06 bits per heavy atom. The fourth-order valence-corrected chi connectivity index (χ4v) is 4.23. The van der Waals surface area contributed by atoms with Crippen molar-refractivity contribution in [1.29, 1.82) is 0 Å². The number of H-pyrrole nitrogens is 1. The minimum absolute atomic E-state index is 1.00. The maximum atomic E-state index is 4.79. The van der Waals surface area contributed by atoms with Crippen LogP contribution >= 0.6 is 0 Å². The van der Waals surface area contributed by atoms with E-state index in [4.69, 9.17) is 4.98 Å². The van der Waals surface area contributed by atoms with Crippen molar-refractivity contribution in [3.05, 3.63) is 77.4 Å². The fraction of sp³-hybridized carbons (Fsp3) is 0.308. The van der Waals surface area contributed by atoms with Gasteiger partial charge >= 0.3 is 0 Å². The first-order chi connectivity index (χ1) is 15.0. The van der Waals surface area contributed by atoms with Crippen LogP contribution in [0.4, 0.5) is 0 Å². The topological polar surface area (TPSA) is 56.8 Å². The Balaban J connectivity index is 1.63. The Bertz CT molecular complexity index is 1160. The number of fused-ring (bicyclic) bond motifs is 1. The van der Waals surface area contributed by atoms with Gasteiger partial charge in [-0.15, -0.1) is 0 Å². The van der Waals surface area contributed by atoms with Crippen LogP contribution in [-0.2, 0) is 0 Å². The zero-order chi connectivity index (χ0) is 22.0. The molecular weight excluding hydrogens is 382 g/mol. The number of rotatable bonds is 5. The van der Waals surface area contributed by atoms with Crippen LogP contribution in [0.15, 0.2) is 54.9 Å². The van der Waals surface area contributed by atoms with Gasteiger partial charge in [0.1, 0.15) is 0 Å². The number of nitrogens with zero attached hydrogens (tertiary/aromatic N) is 3. The standard InChI is InChI=1S/C26H31N5/c1-6-21(8-7-19(4)31-11-9-27-10-12-31)23-15-24-26(28-16-23)20(5)25(30-24)22-13-17(2)29-18(3)14-22/h6-8,13-16,27,30H,4,9-12H2,1-3,5H3/b8-7-,21-6+. The number of allylic oxidation sites excluding steroid dienone is 4. The van der Waals surface area contributed by atoms with E-state index in [9.17, 15) is 0 Å². The van der Waals surface area contributed by atoms with Crippen LogP contribution in [0.2, 0.25) is 0 Å². The van der Waals surface area contributed by atoms with Crippen molar-refractivity contribution >= 4 is 16.6 Å². The van der Waals surface area contributed by atoms with Crippen molar-refractivity contribution in [2.45, 2.75) is 27.7 Å². The van der Waals surface area contributed by atoms with Crippen molar-refractivity contribution in [2.24, 2.45) is 0 Å². The molecule has 0 bridgehead atoms. The van der Waals surface area contributed by atoms with Gasteiger partial charge in [0.05, 0.1) is 16.7 Å². The Morgan fingerprint density at radius 3 is 2.45 bits per heavy atom. The minimum atomic E-state index is 1.00. The van der Waals surface area contributed by atoms with Crippen LogP contribution in [0.25, 0.3) is 27.9 Å². The van der Waals surface area contributed by atoms with Crippen molar-refractivity contribution in [3.8, 4) is 11.3 Å². The molecule has 0 radical (unpaired) electrons. The second kappa shape index (κ2) is 8.90. The SMILES string of the molecule is C=C(/C=C\C(=C/C)c1cnc2c(C)c(-c3cc(C)nc(C)c3)[nH]c2c1)N1CCNCC1. The summed E-state index contributed by atoms with van der Waals surface area (Å²) in [4.78, 5) is 15.2. The quantitative estimate of drug-likeness (QED) is 0.583. The third-order valence-corrected chi connectivity index (χ3v) is 5.87. The summed E-state index contributed by atoms with van der Waals surface area (Å²) in [5.41, 5.74) is 10.8. The first kappa shape index (κ1) is 21.1. The molecule has 4 rings (SSSR count). The third-order valence-electron chi connectivity index (χ3n) is 5.87. The lowest BCUT2D eigenvalue weighted by molar-refractivity contribution is 0.308. The third kappa shape index (κ3) is 4.47. The second-order valence-electron chi connectivity index (χ2n) is 8.19. The van der Waals surface area contributed by atoms with E-state index < -0.39 is 0 Å². The molecule has 0 atom stereocenters. The number of hydrogen-bond acceptors (Lipinski definition) is 4. The first-order valence-electron chi connectivity index (χ1n) is 10.9. The number of pyridine rings is 2. The van der Waals surface area contributed by atoms with Crippen LogP contribution in [0.5, 0.6) is 0 Å². The highest BCUT2D eigenvalue weighted by atomic mass is 15.2. The molecule has 0 amide bonds. The smallest absolute Gasteiger partial charge is 0.0914 e. The van der Waals surface area contributed by atoms with E-state index in [1.54, 1.807) is 0 Å². The monoisotopic (exact) mass is 413 g/mol. The van der Waals surface area contributed by atoms with Gasteiger partial charge in [0.2, 0.25) is 0 Å². The highest BCUT2D eigenvalue weighted by Crippen LogP contribution is 2.30. The van der Waals surface area contributed by atoms with E-state index in [1.165, 1.54) is 0 Å². The molecule has 1 saturated heterocycles. The molecule has 0 saturated carbocycles. The van der Waals surface area contributed by atoms with Gasteiger partial charge in [-0.05, 0) is 57.5 Å². The van der Waals surface area contributed by atoms with Gasteiger partial charge in [0.15, 0.2) is 0 Å². The van der Waals surface area contributed by atoms with Crippen LogP contribution < -0.4 is 5.32 Å². The van der Waals surface area contributed by atoms with Gasteiger partial charge in [0.25, 0.3) is 0 Å². The Kier molecular flexibility index (Phi) is 6.05. The number of aromatic nitrogens is 3. The van der Waals surface area contributed by atoms with Crippen molar-refractivity contribution in [1.82, 2.24) is 25.2 Å². The van der Waals surface area contributed by atoms with Crippen LogP contribution in [-0.4, -0.2) is 46.0 Å². The fourth-order valence-electron chi connectivity index (χ4n) is 4.23. The molecule has 5 nitrogen and oxygen atoms in total. The minimum Gasteiger partial charge on any atom is -0.369 e. The molecule has 3 aromatic heterocycles. The number of hydrogen-bond donors (Lipinski definition) is 2. The maximum absolute atomic E-state index is 4.79. The van der Waals surface area contributed by atoms with Crippen LogP contribution in [0.1, 0.15) is 29.4 Å². The summed E-state index contributed by atoms with van der Waals surface area (Å²) in [5, 5.41) is 3.38. The average molecular weight is 414 g/mol. The lowest BCUT2D eigenvalue weighted by Crippen LogP contribution is -2.42. The molecule has 5 heteroatoms. The largest absolute Gasteiger partial charge is 0.369 e. The first-order valence-corrected chi connectivity index (χ1v) is 10.9. The highest BCUT2D eigenvalue weighted by molar-refractivity contribution is 5.90. The lowest BCUT2D eigenvalue weighted by Gasteiger charge is -2.29. The molecule has 1 aliphatic heterocycles. The molecule has 4 heterocycles. The molecule has 31 heavy (non-hydrogen) atoms. The lowest BCUT2D eigenvalue weighted by atomic mass is 10.1. The zero-order valence-electron chi connectivity index (χ0n) is 18.9. The second-order valence-corrected chi connectivity index (χ2v) is 8.19. The molecular formula is C26H31N5. The van der Waals surface area contributed by atoms with Crippen molar-refractivity contribution < 1.29 is 0 Å². The van der Waals surface area contributed by atoms with Gasteiger partial charge in [0, 0.05) is 66.2 Å². The van der Waals surface area contributed by atoms with Crippen LogP contribution in [0, 0.1) is 20.8 Å². The molecule has 160 valence electrons. The van der Waals surface area contributed by atoms with Crippen molar-refractivity contribution in [2.75, 3.05) is 26.2 Å². The van der Waals surface area contributed by atoms with E-state index >= 15 is 0 Å².